The van der Waals surface area contributed by atoms with E-state index in [0.717, 1.165) is 17.6 Å². The van der Waals surface area contributed by atoms with Crippen LogP contribution < -0.4 is 5.73 Å². The Balaban J connectivity index is 0.000000167. The fourth-order valence-electron chi connectivity index (χ4n) is 1.20. The molecule has 0 bridgehead atoms. The summed E-state index contributed by atoms with van der Waals surface area (Å²) in [5.74, 6) is 0. The summed E-state index contributed by atoms with van der Waals surface area (Å²) in [7, 11) is 0. The number of aromatic nitrogens is 1. The number of benzene rings is 1. The van der Waals surface area contributed by atoms with Gasteiger partial charge in [-0.15, -0.1) is 0 Å². The minimum Gasteiger partial charge on any atom is -0.443 e. The zero-order valence-corrected chi connectivity index (χ0v) is 9.15. The van der Waals surface area contributed by atoms with Gasteiger partial charge in [0.05, 0.1) is 0 Å². The van der Waals surface area contributed by atoms with E-state index in [4.69, 9.17) is 10.2 Å². The van der Waals surface area contributed by atoms with E-state index in [1.165, 1.54) is 25.7 Å². The van der Waals surface area contributed by atoms with Gasteiger partial charge in [-0.05, 0) is 25.1 Å². The second-order valence-corrected chi connectivity index (χ2v) is 3.32. The van der Waals surface area contributed by atoms with Crippen molar-refractivity contribution in [3.8, 4) is 0 Å². The molecule has 0 amide bonds. The van der Waals surface area contributed by atoms with E-state index in [2.05, 4.69) is 11.9 Å². The van der Waals surface area contributed by atoms with Crippen LogP contribution in [0.3, 0.4) is 0 Å². The van der Waals surface area contributed by atoms with Crippen molar-refractivity contribution in [2.45, 2.75) is 26.2 Å². The van der Waals surface area contributed by atoms with Crippen LogP contribution in [-0.4, -0.2) is 11.5 Å². The van der Waals surface area contributed by atoms with Gasteiger partial charge in [0, 0.05) is 0 Å². The van der Waals surface area contributed by atoms with E-state index in [1.807, 2.05) is 24.3 Å². The first kappa shape index (κ1) is 11.7. The van der Waals surface area contributed by atoms with Crippen molar-refractivity contribution in [3.63, 3.8) is 0 Å². The summed E-state index contributed by atoms with van der Waals surface area (Å²) in [5.41, 5.74) is 6.97. The molecule has 0 radical (unpaired) electrons. The molecule has 0 fully saturated rings. The molecule has 1 heterocycles. The predicted molar refractivity (Wildman–Crippen MR) is 62.6 cm³/mol. The molecule has 2 rings (SSSR count). The molecule has 0 spiro atoms. The third-order valence-corrected chi connectivity index (χ3v) is 2.04. The molecule has 3 heteroatoms. The number of para-hydroxylation sites is 2. The molecule has 0 saturated heterocycles. The first-order valence-corrected chi connectivity index (χ1v) is 5.36. The normalized spacial score (nSPS) is 9.73. The summed E-state index contributed by atoms with van der Waals surface area (Å²) in [6, 6.07) is 7.67. The van der Waals surface area contributed by atoms with Gasteiger partial charge in [-0.2, -0.15) is 0 Å². The van der Waals surface area contributed by atoms with Gasteiger partial charge in [0.15, 0.2) is 12.0 Å². The van der Waals surface area contributed by atoms with E-state index in [0.29, 0.717) is 0 Å². The Morgan fingerprint density at radius 2 is 2.07 bits per heavy atom. The van der Waals surface area contributed by atoms with Crippen LogP contribution in [0.1, 0.15) is 26.2 Å². The first-order valence-electron chi connectivity index (χ1n) is 5.36. The average Bonchev–Trinajstić information content (AvgIpc) is 2.75. The fourth-order valence-corrected chi connectivity index (χ4v) is 1.20. The molecular formula is C12H18N2O. The van der Waals surface area contributed by atoms with Crippen LogP contribution in [0.5, 0.6) is 0 Å². The van der Waals surface area contributed by atoms with Gasteiger partial charge in [-0.1, -0.05) is 31.9 Å². The zero-order valence-electron chi connectivity index (χ0n) is 9.15. The van der Waals surface area contributed by atoms with Crippen LogP contribution in [0.2, 0.25) is 0 Å². The first-order chi connectivity index (χ1) is 7.38. The molecule has 82 valence electrons. The topological polar surface area (TPSA) is 52.0 Å². The molecule has 0 saturated carbocycles. The Kier molecular flexibility index (Phi) is 5.48. The summed E-state index contributed by atoms with van der Waals surface area (Å²) in [6.45, 7) is 3.03. The molecule has 0 aliphatic heterocycles. The molecule has 2 aromatic rings. The molecule has 15 heavy (non-hydrogen) atoms. The van der Waals surface area contributed by atoms with E-state index in [-0.39, 0.29) is 0 Å². The van der Waals surface area contributed by atoms with Gasteiger partial charge < -0.3 is 10.2 Å². The number of hydrogen-bond donors (Lipinski definition) is 1. The van der Waals surface area contributed by atoms with Crippen LogP contribution in [0.15, 0.2) is 35.1 Å². The quantitative estimate of drug-likeness (QED) is 0.785. The SMILES string of the molecule is CCCCCN.c1ccc2ocnc2c1. The highest BCUT2D eigenvalue weighted by Gasteiger charge is 1.91. The van der Waals surface area contributed by atoms with Gasteiger partial charge in [0.2, 0.25) is 0 Å². The lowest BCUT2D eigenvalue weighted by Crippen LogP contribution is -1.96. The highest BCUT2D eigenvalue weighted by atomic mass is 16.3. The van der Waals surface area contributed by atoms with Gasteiger partial charge in [-0.25, -0.2) is 4.98 Å². The fraction of sp³-hybridized carbons (Fsp3) is 0.417. The Labute approximate surface area is 90.3 Å². The maximum Gasteiger partial charge on any atom is 0.181 e. The average molecular weight is 206 g/mol. The summed E-state index contributed by atoms with van der Waals surface area (Å²) >= 11 is 0. The largest absolute Gasteiger partial charge is 0.443 e. The number of unbranched alkanes of at least 4 members (excludes halogenated alkanes) is 2. The molecule has 0 aliphatic carbocycles. The van der Waals surface area contributed by atoms with E-state index in [9.17, 15) is 0 Å². The molecule has 0 unspecified atom stereocenters. The summed E-state index contributed by atoms with van der Waals surface area (Å²) in [5, 5.41) is 0. The van der Waals surface area contributed by atoms with Gasteiger partial charge in [-0.3, -0.25) is 0 Å². The van der Waals surface area contributed by atoms with Crippen molar-refractivity contribution < 1.29 is 4.42 Å². The van der Waals surface area contributed by atoms with Crippen LogP contribution in [-0.2, 0) is 0 Å². The maximum atomic E-state index is 5.21. The molecule has 2 N–H and O–H groups in total. The molecule has 0 aliphatic rings. The van der Waals surface area contributed by atoms with Crippen molar-refractivity contribution >= 4 is 11.1 Å². The molecule has 0 atom stereocenters. The van der Waals surface area contributed by atoms with Crippen LogP contribution in [0, 0.1) is 0 Å². The summed E-state index contributed by atoms with van der Waals surface area (Å²) in [4.78, 5) is 3.95. The third-order valence-electron chi connectivity index (χ3n) is 2.04. The minimum absolute atomic E-state index is 0.845. The molecular weight excluding hydrogens is 188 g/mol. The van der Waals surface area contributed by atoms with Gasteiger partial charge in [0.25, 0.3) is 0 Å². The van der Waals surface area contributed by atoms with Crippen LogP contribution in [0.4, 0.5) is 0 Å². The second kappa shape index (κ2) is 7.01. The third kappa shape index (κ3) is 4.13. The number of fused-ring (bicyclic) bond motifs is 1. The van der Waals surface area contributed by atoms with Crippen LogP contribution >= 0.6 is 0 Å². The lowest BCUT2D eigenvalue weighted by Gasteiger charge is -1.86. The lowest BCUT2D eigenvalue weighted by molar-refractivity contribution is 0.602. The molecule has 1 aromatic heterocycles. The van der Waals surface area contributed by atoms with Crippen LogP contribution in [0.25, 0.3) is 11.1 Å². The van der Waals surface area contributed by atoms with Crippen molar-refractivity contribution in [1.29, 1.82) is 0 Å². The van der Waals surface area contributed by atoms with Gasteiger partial charge in [0.1, 0.15) is 5.52 Å². The van der Waals surface area contributed by atoms with Crippen molar-refractivity contribution in [2.24, 2.45) is 5.73 Å². The number of rotatable bonds is 3. The number of nitrogens with two attached hydrogens (primary N) is 1. The standard InChI is InChI=1S/C7H5NO.C5H13N/c1-2-4-7-6(3-1)8-5-9-7;1-2-3-4-5-6/h1-5H;2-6H2,1H3. The Morgan fingerprint density at radius 3 is 2.67 bits per heavy atom. The van der Waals surface area contributed by atoms with Crippen molar-refractivity contribution in [1.82, 2.24) is 4.98 Å². The molecule has 3 nitrogen and oxygen atoms in total. The van der Waals surface area contributed by atoms with Gasteiger partial charge >= 0.3 is 0 Å². The lowest BCUT2D eigenvalue weighted by atomic mass is 10.3. The monoisotopic (exact) mass is 206 g/mol. The Morgan fingerprint density at radius 1 is 1.27 bits per heavy atom. The summed E-state index contributed by atoms with van der Waals surface area (Å²) in [6.07, 6.45) is 5.20. The second-order valence-electron chi connectivity index (χ2n) is 3.32. The maximum absolute atomic E-state index is 5.21. The number of nitrogens with zero attached hydrogens (tertiary/aromatic N) is 1. The number of hydrogen-bond acceptors (Lipinski definition) is 3. The van der Waals surface area contributed by atoms with E-state index in [1.54, 1.807) is 0 Å². The Bertz CT molecular complexity index is 336. The molecule has 1 aromatic carbocycles. The highest BCUT2D eigenvalue weighted by Crippen LogP contribution is 2.09. The minimum atomic E-state index is 0.845. The van der Waals surface area contributed by atoms with E-state index < -0.39 is 0 Å². The predicted octanol–water partition coefficient (Wildman–Crippen LogP) is 2.96. The highest BCUT2D eigenvalue weighted by molar-refractivity contribution is 5.71. The smallest absolute Gasteiger partial charge is 0.181 e. The van der Waals surface area contributed by atoms with Crippen molar-refractivity contribution in [2.75, 3.05) is 6.54 Å². The zero-order chi connectivity index (χ0) is 10.9. The number of oxazole rings is 1. The van der Waals surface area contributed by atoms with Crippen molar-refractivity contribution in [3.05, 3.63) is 30.7 Å². The Hall–Kier alpha value is -1.35. The van der Waals surface area contributed by atoms with E-state index >= 15 is 0 Å². The summed E-state index contributed by atoms with van der Waals surface area (Å²) < 4.78 is 5.01.